The zero-order valence-electron chi connectivity index (χ0n) is 23.9. The minimum absolute atomic E-state index is 0.0136. The van der Waals surface area contributed by atoms with E-state index in [2.05, 4.69) is 18.7 Å². The summed E-state index contributed by atoms with van der Waals surface area (Å²) in [7, 11) is -2.00. The second kappa shape index (κ2) is 9.63. The van der Waals surface area contributed by atoms with Gasteiger partial charge in [0.25, 0.3) is 0 Å². The van der Waals surface area contributed by atoms with E-state index in [9.17, 15) is 13.5 Å². The molecule has 7 nitrogen and oxygen atoms in total. The number of sulfonamides is 1. The van der Waals surface area contributed by atoms with E-state index in [1.165, 1.54) is 12.8 Å². The monoisotopic (exact) mass is 566 g/mol. The first-order valence-electron chi connectivity index (χ1n) is 15.1. The van der Waals surface area contributed by atoms with Gasteiger partial charge in [-0.15, -0.1) is 0 Å². The van der Waals surface area contributed by atoms with Crippen LogP contribution in [0.3, 0.4) is 0 Å². The summed E-state index contributed by atoms with van der Waals surface area (Å²) in [6.07, 6.45) is 5.82. The molecule has 1 spiro atoms. The fourth-order valence-electron chi connectivity index (χ4n) is 8.64. The lowest BCUT2D eigenvalue weighted by Crippen LogP contribution is -2.69. The normalized spacial score (nSPS) is 30.8. The smallest absolute Gasteiger partial charge is 0.218 e. The van der Waals surface area contributed by atoms with Crippen LogP contribution >= 0.6 is 0 Å². The van der Waals surface area contributed by atoms with Gasteiger partial charge in [0.2, 0.25) is 10.0 Å². The maximum absolute atomic E-state index is 14.2. The molecule has 40 heavy (non-hydrogen) atoms. The highest BCUT2D eigenvalue weighted by Gasteiger charge is 2.67. The number of likely N-dealkylation sites (tertiary alicyclic amines) is 1. The maximum atomic E-state index is 14.2. The van der Waals surface area contributed by atoms with Gasteiger partial charge in [0.05, 0.1) is 18.9 Å². The van der Waals surface area contributed by atoms with Crippen molar-refractivity contribution in [2.75, 3.05) is 26.7 Å². The van der Waals surface area contributed by atoms with Gasteiger partial charge in [-0.25, -0.2) is 8.42 Å². The molecule has 8 heteroatoms. The molecule has 0 unspecified atom stereocenters. The number of piperidine rings is 1. The summed E-state index contributed by atoms with van der Waals surface area (Å²) in [4.78, 5) is 2.69. The van der Waals surface area contributed by atoms with Gasteiger partial charge in [-0.05, 0) is 68.4 Å². The molecule has 2 saturated carbocycles. The first kappa shape index (κ1) is 26.6. The molecule has 3 fully saturated rings. The van der Waals surface area contributed by atoms with E-state index in [0.717, 1.165) is 67.1 Å². The van der Waals surface area contributed by atoms with Gasteiger partial charge in [-0.2, -0.15) is 4.31 Å². The molecule has 2 aromatic carbocycles. The summed E-state index contributed by atoms with van der Waals surface area (Å²) in [5, 5.41) is 11.3. The Bertz CT molecular complexity index is 1390. The number of ether oxygens (including phenoxy) is 2. The van der Waals surface area contributed by atoms with E-state index >= 15 is 0 Å². The molecule has 2 bridgehead atoms. The quantitative estimate of drug-likeness (QED) is 0.474. The van der Waals surface area contributed by atoms with Gasteiger partial charge in [-0.3, -0.25) is 4.90 Å². The molecule has 1 N–H and O–H groups in total. The average molecular weight is 567 g/mol. The Morgan fingerprint density at radius 2 is 1.95 bits per heavy atom. The number of aromatic hydroxyl groups is 1. The highest BCUT2D eigenvalue weighted by molar-refractivity contribution is 7.88. The van der Waals surface area contributed by atoms with E-state index in [0.29, 0.717) is 24.3 Å². The summed E-state index contributed by atoms with van der Waals surface area (Å²) < 4.78 is 42.9. The standard InChI is InChI=1S/C32H42N2O5S/c1-20(2)17-34(40(36,37)19-22-7-5-4-6-8-22)25-12-11-24-26-15-23-27(35)16-28(38-3)30-29(23)32(24,31(25)39-30)13-14-33(26)18-21-9-10-21/h4-8,16,20-21,24-26,31,35H,9-15,17-19H2,1-3H3/t24-,25+,26+,31-,32-/m0/s1. The van der Waals surface area contributed by atoms with Crippen molar-refractivity contribution in [2.24, 2.45) is 17.8 Å². The minimum atomic E-state index is -3.62. The van der Waals surface area contributed by atoms with E-state index in [4.69, 9.17) is 9.47 Å². The van der Waals surface area contributed by atoms with Crippen LogP contribution in [0.2, 0.25) is 0 Å². The van der Waals surface area contributed by atoms with Crippen LogP contribution in [-0.4, -0.2) is 67.7 Å². The summed E-state index contributed by atoms with van der Waals surface area (Å²) in [5.41, 5.74) is 2.58. The van der Waals surface area contributed by atoms with Crippen molar-refractivity contribution in [1.82, 2.24) is 9.21 Å². The van der Waals surface area contributed by atoms with E-state index in [1.54, 1.807) is 17.5 Å². The SMILES string of the molecule is COc1cc(O)c2c3c1O[C@H]1[C@H](N(CC(C)C)S(=O)(=O)Cc4ccccc4)CC[C@H]4[C@@H](C2)N(CC2CC2)CC[C@@]341. The lowest BCUT2D eigenvalue weighted by atomic mass is 9.51. The van der Waals surface area contributed by atoms with Crippen molar-refractivity contribution in [3.05, 3.63) is 53.1 Å². The Kier molecular flexibility index (Phi) is 6.41. The average Bonchev–Trinajstić information content (AvgIpc) is 3.68. The lowest BCUT2D eigenvalue weighted by Gasteiger charge is -2.60. The molecule has 2 aliphatic heterocycles. The first-order valence-corrected chi connectivity index (χ1v) is 16.7. The van der Waals surface area contributed by atoms with Gasteiger partial charge in [0.1, 0.15) is 11.9 Å². The summed E-state index contributed by atoms with van der Waals surface area (Å²) >= 11 is 0. The molecule has 3 aliphatic carbocycles. The Labute approximate surface area is 238 Å². The van der Waals surface area contributed by atoms with E-state index in [-0.39, 0.29) is 35.0 Å². The Hall–Kier alpha value is -2.29. The molecule has 2 heterocycles. The third-order valence-corrected chi connectivity index (χ3v) is 12.2. The summed E-state index contributed by atoms with van der Waals surface area (Å²) in [5.74, 6) is 2.91. The number of rotatable bonds is 9. The number of phenolic OH excluding ortho intramolecular Hbond substituents is 1. The first-order chi connectivity index (χ1) is 19.2. The zero-order chi connectivity index (χ0) is 27.8. The lowest BCUT2D eigenvalue weighted by molar-refractivity contribution is -0.0785. The third-order valence-electron chi connectivity index (χ3n) is 10.4. The molecule has 5 atom stereocenters. The third kappa shape index (κ3) is 4.08. The molecule has 0 amide bonds. The van der Waals surface area contributed by atoms with Crippen LogP contribution in [0.15, 0.2) is 36.4 Å². The van der Waals surface area contributed by atoms with Crippen molar-refractivity contribution >= 4 is 10.0 Å². The molecule has 0 radical (unpaired) electrons. The molecule has 2 aromatic rings. The molecule has 1 saturated heterocycles. The van der Waals surface area contributed by atoms with E-state index < -0.39 is 10.0 Å². The fraction of sp³-hybridized carbons (Fsp3) is 0.625. The minimum Gasteiger partial charge on any atom is -0.508 e. The second-order valence-electron chi connectivity index (χ2n) is 13.3. The highest BCUT2D eigenvalue weighted by Crippen LogP contribution is 2.66. The number of benzene rings is 2. The molecular formula is C32H42N2O5S. The van der Waals surface area contributed by atoms with Crippen LogP contribution in [0, 0.1) is 17.8 Å². The van der Waals surface area contributed by atoms with Crippen molar-refractivity contribution in [3.63, 3.8) is 0 Å². The number of methoxy groups -OCH3 is 1. The molecule has 0 aromatic heterocycles. The van der Waals surface area contributed by atoms with Crippen LogP contribution in [0.1, 0.15) is 62.6 Å². The second-order valence-corrected chi connectivity index (χ2v) is 15.2. The Morgan fingerprint density at radius 1 is 1.18 bits per heavy atom. The number of phenols is 1. The summed E-state index contributed by atoms with van der Waals surface area (Å²) in [6.45, 7) is 6.76. The van der Waals surface area contributed by atoms with Crippen molar-refractivity contribution < 1.29 is 23.0 Å². The number of hydrogen-bond acceptors (Lipinski definition) is 6. The zero-order valence-corrected chi connectivity index (χ0v) is 24.7. The molecule has 7 rings (SSSR count). The van der Waals surface area contributed by atoms with Gasteiger partial charge < -0.3 is 14.6 Å². The number of hydrogen-bond donors (Lipinski definition) is 1. The molecule has 216 valence electrons. The van der Waals surface area contributed by atoms with Crippen molar-refractivity contribution in [1.29, 1.82) is 0 Å². The predicted octanol–water partition coefficient (Wildman–Crippen LogP) is 4.71. The van der Waals surface area contributed by atoms with Gasteiger partial charge in [0.15, 0.2) is 11.5 Å². The Morgan fingerprint density at radius 3 is 2.65 bits per heavy atom. The van der Waals surface area contributed by atoms with Crippen LogP contribution in [-0.2, 0) is 27.6 Å². The van der Waals surface area contributed by atoms with Crippen LogP contribution < -0.4 is 9.47 Å². The van der Waals surface area contributed by atoms with Crippen LogP contribution in [0.25, 0.3) is 0 Å². The van der Waals surface area contributed by atoms with Gasteiger partial charge in [0, 0.05) is 41.7 Å². The van der Waals surface area contributed by atoms with Crippen molar-refractivity contribution in [3.8, 4) is 17.2 Å². The Balaban J connectivity index is 1.33. The topological polar surface area (TPSA) is 79.3 Å². The molecular weight excluding hydrogens is 524 g/mol. The van der Waals surface area contributed by atoms with Gasteiger partial charge >= 0.3 is 0 Å². The maximum Gasteiger partial charge on any atom is 0.218 e. The van der Waals surface area contributed by atoms with Crippen LogP contribution in [0.4, 0.5) is 0 Å². The van der Waals surface area contributed by atoms with Gasteiger partial charge in [-0.1, -0.05) is 44.2 Å². The number of nitrogens with zero attached hydrogens (tertiary/aromatic N) is 2. The van der Waals surface area contributed by atoms with E-state index in [1.807, 2.05) is 30.3 Å². The summed E-state index contributed by atoms with van der Waals surface area (Å²) in [6, 6.07) is 11.3. The van der Waals surface area contributed by atoms with Crippen LogP contribution in [0.5, 0.6) is 17.2 Å². The largest absolute Gasteiger partial charge is 0.508 e. The predicted molar refractivity (Wildman–Crippen MR) is 154 cm³/mol. The fourth-order valence-corrected chi connectivity index (χ4v) is 10.6. The highest BCUT2D eigenvalue weighted by atomic mass is 32.2. The van der Waals surface area contributed by atoms with Crippen molar-refractivity contribution in [2.45, 2.75) is 81.7 Å². The molecule has 5 aliphatic rings.